The summed E-state index contributed by atoms with van der Waals surface area (Å²) in [6, 6.07) is 3.05. The normalized spacial score (nSPS) is 10.5. The van der Waals surface area contributed by atoms with Gasteiger partial charge in [-0.2, -0.15) is 0 Å². The third-order valence-corrected chi connectivity index (χ3v) is 2.93. The molecule has 1 aromatic heterocycles. The molecule has 110 valence electrons. The van der Waals surface area contributed by atoms with Crippen molar-refractivity contribution in [2.24, 2.45) is 0 Å². The summed E-state index contributed by atoms with van der Waals surface area (Å²) < 4.78 is 0. The average molecular weight is 279 g/mol. The summed E-state index contributed by atoms with van der Waals surface area (Å²) in [5.41, 5.74) is 0.881. The molecule has 0 saturated heterocycles. The van der Waals surface area contributed by atoms with Crippen LogP contribution in [0.2, 0.25) is 0 Å². The predicted octanol–water partition coefficient (Wildman–Crippen LogP) is 1.43. The number of carbonyl (C=O) groups is 2. The van der Waals surface area contributed by atoms with Gasteiger partial charge in [0.15, 0.2) is 0 Å². The lowest BCUT2D eigenvalue weighted by Crippen LogP contribution is -2.34. The van der Waals surface area contributed by atoms with Crippen molar-refractivity contribution in [3.05, 3.63) is 23.4 Å². The van der Waals surface area contributed by atoms with Crippen LogP contribution in [-0.2, 0) is 4.79 Å². The van der Waals surface area contributed by atoms with E-state index in [2.05, 4.69) is 4.98 Å². The topological polar surface area (TPSA) is 73.7 Å². The van der Waals surface area contributed by atoms with Gasteiger partial charge in [0.1, 0.15) is 5.82 Å². The maximum Gasteiger partial charge on any atom is 0.335 e. The van der Waals surface area contributed by atoms with Gasteiger partial charge in [-0.1, -0.05) is 13.8 Å². The number of nitrogens with zero attached hydrogens (tertiary/aromatic N) is 3. The molecule has 6 heteroatoms. The minimum Gasteiger partial charge on any atom is -0.478 e. The van der Waals surface area contributed by atoms with E-state index in [0.29, 0.717) is 11.5 Å². The van der Waals surface area contributed by atoms with Crippen molar-refractivity contribution < 1.29 is 14.7 Å². The van der Waals surface area contributed by atoms with Crippen molar-refractivity contribution in [3.63, 3.8) is 0 Å². The number of pyridine rings is 1. The molecule has 0 fully saturated rings. The van der Waals surface area contributed by atoms with Crippen LogP contribution in [0.4, 0.5) is 5.82 Å². The fourth-order valence-electron chi connectivity index (χ4n) is 1.58. The standard InChI is InChI=1S/C14H21N3O3/c1-9(2)11-6-10(14(19)20)7-12(15-11)17(5)8-13(18)16(3)4/h6-7,9H,8H2,1-5H3,(H,19,20). The quantitative estimate of drug-likeness (QED) is 0.882. The number of carboxylic acid groups (broad SMARTS) is 1. The summed E-state index contributed by atoms with van der Waals surface area (Å²) in [5, 5.41) is 9.15. The number of amides is 1. The second-order valence-electron chi connectivity index (χ2n) is 5.24. The molecule has 0 saturated carbocycles. The van der Waals surface area contributed by atoms with Gasteiger partial charge in [-0.25, -0.2) is 9.78 Å². The highest BCUT2D eigenvalue weighted by Crippen LogP contribution is 2.19. The van der Waals surface area contributed by atoms with Crippen LogP contribution in [0.3, 0.4) is 0 Å². The fourth-order valence-corrected chi connectivity index (χ4v) is 1.58. The van der Waals surface area contributed by atoms with Crippen molar-refractivity contribution in [2.75, 3.05) is 32.6 Å². The van der Waals surface area contributed by atoms with E-state index in [0.717, 1.165) is 0 Å². The molecule has 1 heterocycles. The molecule has 6 nitrogen and oxygen atoms in total. The highest BCUT2D eigenvalue weighted by Gasteiger charge is 2.15. The average Bonchev–Trinajstić information content (AvgIpc) is 2.37. The molecule has 0 aromatic carbocycles. The van der Waals surface area contributed by atoms with Crippen LogP contribution >= 0.6 is 0 Å². The molecule has 0 aliphatic heterocycles. The third-order valence-electron chi connectivity index (χ3n) is 2.93. The summed E-state index contributed by atoms with van der Waals surface area (Å²) in [6.45, 7) is 4.05. The molecular weight excluding hydrogens is 258 g/mol. The molecule has 1 rings (SSSR count). The van der Waals surface area contributed by atoms with Gasteiger partial charge < -0.3 is 14.9 Å². The lowest BCUT2D eigenvalue weighted by atomic mass is 10.1. The zero-order chi connectivity index (χ0) is 15.4. The Balaban J connectivity index is 3.10. The first kappa shape index (κ1) is 15.9. The molecule has 0 aliphatic rings. The third kappa shape index (κ3) is 3.94. The van der Waals surface area contributed by atoms with E-state index in [1.165, 1.54) is 11.0 Å². The highest BCUT2D eigenvalue weighted by atomic mass is 16.4. The minimum atomic E-state index is -0.997. The van der Waals surface area contributed by atoms with Crippen molar-refractivity contribution >= 4 is 17.7 Å². The van der Waals surface area contributed by atoms with E-state index in [-0.39, 0.29) is 23.9 Å². The van der Waals surface area contributed by atoms with Crippen LogP contribution in [0.1, 0.15) is 35.8 Å². The fraction of sp³-hybridized carbons (Fsp3) is 0.500. The number of aromatic nitrogens is 1. The zero-order valence-corrected chi connectivity index (χ0v) is 12.5. The van der Waals surface area contributed by atoms with Crippen LogP contribution < -0.4 is 4.90 Å². The molecule has 1 aromatic rings. The largest absolute Gasteiger partial charge is 0.478 e. The highest BCUT2D eigenvalue weighted by molar-refractivity contribution is 5.89. The smallest absolute Gasteiger partial charge is 0.335 e. The Kier molecular flexibility index (Phi) is 5.07. The monoisotopic (exact) mass is 279 g/mol. The van der Waals surface area contributed by atoms with E-state index < -0.39 is 5.97 Å². The summed E-state index contributed by atoms with van der Waals surface area (Å²) >= 11 is 0. The maximum atomic E-state index is 11.7. The van der Waals surface area contributed by atoms with Crippen molar-refractivity contribution in [1.82, 2.24) is 9.88 Å². The van der Waals surface area contributed by atoms with Crippen LogP contribution in [0.25, 0.3) is 0 Å². The van der Waals surface area contributed by atoms with Gasteiger partial charge in [-0.05, 0) is 18.1 Å². The molecule has 1 N–H and O–H groups in total. The number of carboxylic acids is 1. The summed E-state index contributed by atoms with van der Waals surface area (Å²) in [4.78, 5) is 30.4. The van der Waals surface area contributed by atoms with Crippen LogP contribution in [0, 0.1) is 0 Å². The first-order chi connectivity index (χ1) is 9.22. The Morgan fingerprint density at radius 2 is 1.85 bits per heavy atom. The zero-order valence-electron chi connectivity index (χ0n) is 12.5. The maximum absolute atomic E-state index is 11.7. The Hall–Kier alpha value is -2.11. The Labute approximate surface area is 119 Å². The van der Waals surface area contributed by atoms with Crippen molar-refractivity contribution in [3.8, 4) is 0 Å². The van der Waals surface area contributed by atoms with Crippen LogP contribution in [-0.4, -0.2) is 54.6 Å². The number of anilines is 1. The van der Waals surface area contributed by atoms with Crippen LogP contribution in [0.5, 0.6) is 0 Å². The Bertz CT molecular complexity index is 512. The van der Waals surface area contributed by atoms with E-state index in [9.17, 15) is 9.59 Å². The lowest BCUT2D eigenvalue weighted by molar-refractivity contribution is -0.127. The molecule has 1 amide bonds. The van der Waals surface area contributed by atoms with E-state index in [4.69, 9.17) is 5.11 Å². The van der Waals surface area contributed by atoms with Gasteiger partial charge in [-0.15, -0.1) is 0 Å². The second kappa shape index (κ2) is 6.36. The van der Waals surface area contributed by atoms with Crippen molar-refractivity contribution in [2.45, 2.75) is 19.8 Å². The summed E-state index contributed by atoms with van der Waals surface area (Å²) in [6.07, 6.45) is 0. The van der Waals surface area contributed by atoms with E-state index in [1.54, 1.807) is 32.1 Å². The number of aromatic carboxylic acids is 1. The van der Waals surface area contributed by atoms with Crippen LogP contribution in [0.15, 0.2) is 12.1 Å². The van der Waals surface area contributed by atoms with E-state index in [1.807, 2.05) is 13.8 Å². The number of rotatable bonds is 5. The summed E-state index contributed by atoms with van der Waals surface area (Å²) in [5.74, 6) is -0.459. The number of likely N-dealkylation sites (N-methyl/N-ethyl adjacent to an activating group) is 2. The SMILES string of the molecule is CC(C)c1cc(C(=O)O)cc(N(C)CC(=O)N(C)C)n1. The van der Waals surface area contributed by atoms with Crippen molar-refractivity contribution in [1.29, 1.82) is 0 Å². The second-order valence-corrected chi connectivity index (χ2v) is 5.24. The van der Waals surface area contributed by atoms with Gasteiger partial charge in [0, 0.05) is 26.8 Å². The van der Waals surface area contributed by atoms with Gasteiger partial charge >= 0.3 is 5.97 Å². The first-order valence-corrected chi connectivity index (χ1v) is 6.39. The number of carbonyl (C=O) groups excluding carboxylic acids is 1. The molecule has 0 unspecified atom stereocenters. The first-order valence-electron chi connectivity index (χ1n) is 6.39. The molecule has 0 atom stereocenters. The van der Waals surface area contributed by atoms with Gasteiger partial charge in [0.25, 0.3) is 0 Å². The molecule has 0 spiro atoms. The predicted molar refractivity (Wildman–Crippen MR) is 77.2 cm³/mol. The minimum absolute atomic E-state index is 0.0684. The van der Waals surface area contributed by atoms with Gasteiger partial charge in [0.2, 0.25) is 5.91 Å². The molecule has 20 heavy (non-hydrogen) atoms. The molecule has 0 aliphatic carbocycles. The van der Waals surface area contributed by atoms with E-state index >= 15 is 0 Å². The number of hydrogen-bond acceptors (Lipinski definition) is 4. The van der Waals surface area contributed by atoms with Gasteiger partial charge in [-0.3, -0.25) is 4.79 Å². The summed E-state index contributed by atoms with van der Waals surface area (Å²) in [7, 11) is 5.08. The van der Waals surface area contributed by atoms with Gasteiger partial charge in [0.05, 0.1) is 12.1 Å². The molecule has 0 radical (unpaired) electrons. The molecule has 0 bridgehead atoms. The molecular formula is C14H21N3O3. The Morgan fingerprint density at radius 3 is 2.30 bits per heavy atom. The lowest BCUT2D eigenvalue weighted by Gasteiger charge is -2.21. The number of hydrogen-bond donors (Lipinski definition) is 1. The Morgan fingerprint density at radius 1 is 1.25 bits per heavy atom.